The summed E-state index contributed by atoms with van der Waals surface area (Å²) in [5.74, 6) is -1.37. The average Bonchev–Trinajstić information content (AvgIpc) is 3.39. The van der Waals surface area contributed by atoms with Gasteiger partial charge in [0, 0.05) is 19.4 Å². The first-order valence-corrected chi connectivity index (χ1v) is 12.0. The van der Waals surface area contributed by atoms with Crippen molar-refractivity contribution in [3.05, 3.63) is 34.9 Å². The van der Waals surface area contributed by atoms with Crippen LogP contribution in [0.2, 0.25) is 5.02 Å². The van der Waals surface area contributed by atoms with E-state index >= 15 is 0 Å². The molecule has 0 aromatic heterocycles. The Labute approximate surface area is 204 Å². The fourth-order valence-electron chi connectivity index (χ4n) is 4.41. The van der Waals surface area contributed by atoms with Crippen LogP contribution in [0.3, 0.4) is 0 Å². The minimum Gasteiger partial charge on any atom is -0.439 e. The number of carbonyl (C=O) groups excluding carboxylic acids is 4. The summed E-state index contributed by atoms with van der Waals surface area (Å²) in [6, 6.07) is 5.06. The molecule has 0 spiro atoms. The van der Waals surface area contributed by atoms with Gasteiger partial charge in [-0.15, -0.1) is 0 Å². The van der Waals surface area contributed by atoms with Gasteiger partial charge in [-0.25, -0.2) is 9.59 Å². The molecule has 2 fully saturated rings. The van der Waals surface area contributed by atoms with Gasteiger partial charge in [-0.1, -0.05) is 44.5 Å². The Kier molecular flexibility index (Phi) is 8.00. The summed E-state index contributed by atoms with van der Waals surface area (Å²) in [7, 11) is 0. The Balaban J connectivity index is 1.86. The number of amides is 4. The molecule has 0 aliphatic carbocycles. The van der Waals surface area contributed by atoms with Gasteiger partial charge in [0.15, 0.2) is 6.04 Å². The van der Waals surface area contributed by atoms with E-state index in [1.165, 1.54) is 0 Å². The molecule has 34 heavy (non-hydrogen) atoms. The average molecular weight is 495 g/mol. The molecule has 186 valence electrons. The standard InChI is InChI=1S/C24H32ClN3O6/c1-5-33-17-14-18(29)34-21(17)27-23(32)28(12-8-9-13-28)22(31)19(24(2,3)4)26-20(30)15-10-6-7-11-16(15)25/h6-7,10-11,17,19,21H,5,8-9,12-14H2,1-4H3,(H-,26,27,30,32)/p+1/t17-,19+,21+/m0/s1. The van der Waals surface area contributed by atoms with Crippen LogP contribution in [0.25, 0.3) is 0 Å². The Morgan fingerprint density at radius 3 is 2.44 bits per heavy atom. The number of hydrogen-bond acceptors (Lipinski definition) is 6. The summed E-state index contributed by atoms with van der Waals surface area (Å²) >= 11 is 6.18. The van der Waals surface area contributed by atoms with E-state index in [9.17, 15) is 19.2 Å². The number of benzene rings is 1. The van der Waals surface area contributed by atoms with Gasteiger partial charge in [-0.3, -0.25) is 14.9 Å². The second-order valence-electron chi connectivity index (χ2n) is 9.77. The zero-order valence-corrected chi connectivity index (χ0v) is 20.8. The van der Waals surface area contributed by atoms with Gasteiger partial charge in [0.2, 0.25) is 6.23 Å². The van der Waals surface area contributed by atoms with Crippen molar-refractivity contribution < 1.29 is 33.1 Å². The molecule has 1 aromatic rings. The number of nitrogens with one attached hydrogen (secondary N) is 2. The fourth-order valence-corrected chi connectivity index (χ4v) is 4.64. The normalized spacial score (nSPS) is 22.7. The molecule has 0 bridgehead atoms. The fraction of sp³-hybridized carbons (Fsp3) is 0.583. The van der Waals surface area contributed by atoms with Crippen molar-refractivity contribution in [1.29, 1.82) is 0 Å². The van der Waals surface area contributed by atoms with Crippen LogP contribution in [0.1, 0.15) is 57.3 Å². The number of quaternary nitrogens is 1. The number of cyclic esters (lactones) is 1. The highest BCUT2D eigenvalue weighted by Gasteiger charge is 2.54. The van der Waals surface area contributed by atoms with Gasteiger partial charge in [-0.05, 0) is 24.5 Å². The Morgan fingerprint density at radius 1 is 1.21 bits per heavy atom. The molecule has 2 aliphatic rings. The van der Waals surface area contributed by atoms with E-state index in [0.717, 1.165) is 0 Å². The second kappa shape index (κ2) is 10.4. The lowest BCUT2D eigenvalue weighted by Crippen LogP contribution is -2.68. The van der Waals surface area contributed by atoms with Crippen molar-refractivity contribution in [2.24, 2.45) is 5.41 Å². The molecule has 2 heterocycles. The molecule has 10 heteroatoms. The van der Waals surface area contributed by atoms with Crippen LogP contribution >= 0.6 is 11.6 Å². The van der Waals surface area contributed by atoms with Gasteiger partial charge in [0.25, 0.3) is 5.91 Å². The topological polar surface area (TPSA) is 111 Å². The van der Waals surface area contributed by atoms with Crippen LogP contribution in [0.15, 0.2) is 24.3 Å². The Bertz CT molecular complexity index is 954. The molecule has 9 nitrogen and oxygen atoms in total. The maximum atomic E-state index is 14.0. The minimum atomic E-state index is -0.964. The van der Waals surface area contributed by atoms with Crippen LogP contribution in [-0.2, 0) is 19.1 Å². The molecule has 0 radical (unpaired) electrons. The number of urea groups is 1. The third-order valence-corrected chi connectivity index (χ3v) is 6.59. The van der Waals surface area contributed by atoms with Crippen molar-refractivity contribution in [1.82, 2.24) is 10.6 Å². The lowest BCUT2D eigenvalue weighted by molar-refractivity contribution is -0.761. The number of carbonyl (C=O) groups is 4. The minimum absolute atomic E-state index is 0.0330. The van der Waals surface area contributed by atoms with Gasteiger partial charge in [-0.2, -0.15) is 4.48 Å². The van der Waals surface area contributed by atoms with Crippen LogP contribution in [0.4, 0.5) is 4.79 Å². The number of ether oxygens (including phenoxy) is 2. The van der Waals surface area contributed by atoms with Gasteiger partial charge in [0.05, 0.1) is 30.1 Å². The summed E-state index contributed by atoms with van der Waals surface area (Å²) in [6.45, 7) is 8.21. The molecular formula is C24H33ClN3O6+. The van der Waals surface area contributed by atoms with E-state index in [1.807, 2.05) is 20.8 Å². The van der Waals surface area contributed by atoms with Crippen LogP contribution in [0, 0.1) is 5.41 Å². The van der Waals surface area contributed by atoms with Crippen molar-refractivity contribution in [2.45, 2.75) is 65.3 Å². The van der Waals surface area contributed by atoms with E-state index in [0.29, 0.717) is 32.5 Å². The molecule has 1 aromatic carbocycles. The Hall–Kier alpha value is -2.49. The zero-order chi connectivity index (χ0) is 25.1. The first-order valence-electron chi connectivity index (χ1n) is 11.6. The van der Waals surface area contributed by atoms with Crippen molar-refractivity contribution in [3.8, 4) is 0 Å². The Morgan fingerprint density at radius 2 is 1.85 bits per heavy atom. The quantitative estimate of drug-likeness (QED) is 0.464. The second-order valence-corrected chi connectivity index (χ2v) is 10.2. The predicted molar refractivity (Wildman–Crippen MR) is 125 cm³/mol. The molecule has 2 saturated heterocycles. The maximum absolute atomic E-state index is 14.0. The van der Waals surface area contributed by atoms with Gasteiger partial charge in [0.1, 0.15) is 6.10 Å². The van der Waals surface area contributed by atoms with E-state index in [1.54, 1.807) is 31.2 Å². The monoisotopic (exact) mass is 494 g/mol. The smallest absolute Gasteiger partial charge is 0.427 e. The lowest BCUT2D eigenvalue weighted by atomic mass is 9.85. The summed E-state index contributed by atoms with van der Waals surface area (Å²) < 4.78 is 10.3. The van der Waals surface area contributed by atoms with E-state index in [4.69, 9.17) is 21.1 Å². The number of nitrogens with zero attached hydrogens (tertiary/aromatic N) is 1. The highest BCUT2D eigenvalue weighted by molar-refractivity contribution is 6.33. The summed E-state index contributed by atoms with van der Waals surface area (Å²) in [5.41, 5.74) is -0.434. The molecule has 0 saturated carbocycles. The molecular weight excluding hydrogens is 462 g/mol. The number of halogens is 1. The van der Waals surface area contributed by atoms with E-state index in [-0.39, 0.29) is 17.0 Å². The zero-order valence-electron chi connectivity index (χ0n) is 20.1. The SMILES string of the molecule is CCO[C@H]1CC(=O)O[C@H]1NC(=O)[N+]1(C(=O)[C@@H](NC(=O)c2ccccc2Cl)C(C)(C)C)CCCC1. The van der Waals surface area contributed by atoms with Crippen molar-refractivity contribution >= 4 is 35.4 Å². The predicted octanol–water partition coefficient (Wildman–Crippen LogP) is 3.01. The first kappa shape index (κ1) is 26.1. The summed E-state index contributed by atoms with van der Waals surface area (Å²) in [4.78, 5) is 52.3. The van der Waals surface area contributed by atoms with Crippen LogP contribution in [-0.4, -0.2) is 66.4 Å². The molecule has 0 unspecified atom stereocenters. The third kappa shape index (κ3) is 5.42. The highest BCUT2D eigenvalue weighted by Crippen LogP contribution is 2.30. The maximum Gasteiger partial charge on any atom is 0.427 e. The van der Waals surface area contributed by atoms with E-state index in [2.05, 4.69) is 10.6 Å². The van der Waals surface area contributed by atoms with Crippen molar-refractivity contribution in [3.63, 3.8) is 0 Å². The molecule has 4 amide bonds. The number of imide groups is 1. The molecule has 2 aliphatic heterocycles. The van der Waals surface area contributed by atoms with E-state index < -0.39 is 52.1 Å². The van der Waals surface area contributed by atoms with Crippen LogP contribution < -0.4 is 10.6 Å². The number of likely N-dealkylation sites (tertiary alicyclic amines) is 1. The van der Waals surface area contributed by atoms with Gasteiger partial charge < -0.3 is 14.8 Å². The molecule has 3 rings (SSSR count). The number of rotatable bonds is 6. The van der Waals surface area contributed by atoms with Crippen LogP contribution in [0.5, 0.6) is 0 Å². The van der Waals surface area contributed by atoms with Gasteiger partial charge >= 0.3 is 17.9 Å². The lowest BCUT2D eigenvalue weighted by Gasteiger charge is -2.37. The molecule has 2 N–H and O–H groups in total. The summed E-state index contributed by atoms with van der Waals surface area (Å²) in [6.07, 6.45) is -0.195. The van der Waals surface area contributed by atoms with Crippen molar-refractivity contribution in [2.75, 3.05) is 19.7 Å². The number of esters is 1. The largest absolute Gasteiger partial charge is 0.439 e. The first-order chi connectivity index (χ1) is 16.0. The third-order valence-electron chi connectivity index (χ3n) is 6.26. The molecule has 3 atom stereocenters. The number of hydrogen-bond donors (Lipinski definition) is 2. The highest BCUT2D eigenvalue weighted by atomic mass is 35.5. The summed E-state index contributed by atoms with van der Waals surface area (Å²) in [5, 5.41) is 5.81.